The molecule has 0 atom stereocenters. The summed E-state index contributed by atoms with van der Waals surface area (Å²) in [5.41, 5.74) is 4.19. The van der Waals surface area contributed by atoms with Crippen LogP contribution in [0.25, 0.3) is 11.1 Å². The van der Waals surface area contributed by atoms with Crippen molar-refractivity contribution in [1.82, 2.24) is 14.9 Å². The zero-order valence-corrected chi connectivity index (χ0v) is 15.4. The smallest absolute Gasteiger partial charge is 0.410 e. The lowest BCUT2D eigenvalue weighted by Crippen LogP contribution is -2.37. The summed E-state index contributed by atoms with van der Waals surface area (Å²) in [5.74, 6) is 0.712. The van der Waals surface area contributed by atoms with Gasteiger partial charge in [0.1, 0.15) is 17.3 Å². The van der Waals surface area contributed by atoms with Gasteiger partial charge in [0.05, 0.1) is 13.1 Å². The molecule has 1 aliphatic carbocycles. The van der Waals surface area contributed by atoms with Gasteiger partial charge in [-0.2, -0.15) is 0 Å². The molecule has 0 unspecified atom stereocenters. The van der Waals surface area contributed by atoms with Gasteiger partial charge in [-0.05, 0) is 59.0 Å². The highest BCUT2D eigenvalue weighted by Crippen LogP contribution is 2.43. The molecule has 0 bridgehead atoms. The molecule has 2 aromatic carbocycles. The molecule has 2 heterocycles. The fourth-order valence-corrected chi connectivity index (χ4v) is 3.80. The maximum absolute atomic E-state index is 12.5. The number of rotatable bonds is 3. The summed E-state index contributed by atoms with van der Waals surface area (Å²) in [4.78, 5) is 22.1. The predicted molar refractivity (Wildman–Crippen MR) is 98.7 cm³/mol. The van der Waals surface area contributed by atoms with Crippen LogP contribution in [0.5, 0.6) is 11.5 Å². The summed E-state index contributed by atoms with van der Waals surface area (Å²) in [5, 5.41) is 0. The second-order valence-electron chi connectivity index (χ2n) is 7.05. The van der Waals surface area contributed by atoms with Crippen molar-refractivity contribution in [2.24, 2.45) is 0 Å². The molecule has 0 N–H and O–H groups in total. The molecular formula is C21H14F3N3O3. The van der Waals surface area contributed by atoms with Gasteiger partial charge in [-0.25, -0.2) is 14.8 Å². The first-order valence-electron chi connectivity index (χ1n) is 9.13. The number of nitrogens with zero attached hydrogens (tertiary/aromatic N) is 3. The standard InChI is InChI=1S/C21H14F3N3O3/c22-21(23,24)30-15-2-3-16-12(7-15)6-13-9-18-14(8-17(13)16)10-27(20(28)29-18)11-19-25-4-1-5-26-19/h1-5,7-9H,6,10-11H2. The number of alkyl halides is 3. The van der Waals surface area contributed by atoms with E-state index in [0.717, 1.165) is 27.8 Å². The third kappa shape index (κ3) is 3.42. The lowest BCUT2D eigenvalue weighted by molar-refractivity contribution is -0.274. The van der Waals surface area contributed by atoms with E-state index in [1.165, 1.54) is 17.0 Å². The summed E-state index contributed by atoms with van der Waals surface area (Å²) in [6.45, 7) is 0.537. The van der Waals surface area contributed by atoms with Crippen molar-refractivity contribution in [2.45, 2.75) is 25.9 Å². The molecule has 0 saturated carbocycles. The Labute approximate surface area is 168 Å². The van der Waals surface area contributed by atoms with Gasteiger partial charge in [0.2, 0.25) is 0 Å². The SMILES string of the molecule is O=C1Oc2cc3c(cc2CN1Cc1ncccn1)-c1ccc(OC(F)(F)F)cc1C3. The quantitative estimate of drug-likeness (QED) is 0.496. The Morgan fingerprint density at radius 2 is 1.80 bits per heavy atom. The van der Waals surface area contributed by atoms with E-state index in [-0.39, 0.29) is 12.3 Å². The van der Waals surface area contributed by atoms with Gasteiger partial charge in [0, 0.05) is 18.0 Å². The van der Waals surface area contributed by atoms with Crippen molar-refractivity contribution in [3.63, 3.8) is 0 Å². The molecule has 2 aliphatic rings. The van der Waals surface area contributed by atoms with Gasteiger partial charge in [-0.15, -0.1) is 13.2 Å². The molecule has 1 aliphatic heterocycles. The van der Waals surface area contributed by atoms with Crippen molar-refractivity contribution >= 4 is 6.09 Å². The number of amides is 1. The minimum Gasteiger partial charge on any atom is -0.410 e. The second-order valence-corrected chi connectivity index (χ2v) is 7.05. The van der Waals surface area contributed by atoms with Gasteiger partial charge < -0.3 is 9.47 Å². The fourth-order valence-electron chi connectivity index (χ4n) is 3.80. The number of aromatic nitrogens is 2. The van der Waals surface area contributed by atoms with Crippen molar-refractivity contribution in [1.29, 1.82) is 0 Å². The molecule has 152 valence electrons. The summed E-state index contributed by atoms with van der Waals surface area (Å²) >= 11 is 0. The predicted octanol–water partition coefficient (Wildman–Crippen LogP) is 4.46. The zero-order valence-electron chi connectivity index (χ0n) is 15.4. The van der Waals surface area contributed by atoms with E-state index in [1.54, 1.807) is 30.6 Å². The van der Waals surface area contributed by atoms with Gasteiger partial charge in [0.25, 0.3) is 0 Å². The normalized spacial score (nSPS) is 14.6. The van der Waals surface area contributed by atoms with Crippen LogP contribution in [0.1, 0.15) is 22.5 Å². The summed E-state index contributed by atoms with van der Waals surface area (Å²) in [7, 11) is 0. The van der Waals surface area contributed by atoms with Gasteiger partial charge in [-0.3, -0.25) is 4.90 Å². The maximum Gasteiger partial charge on any atom is 0.573 e. The molecule has 0 saturated heterocycles. The van der Waals surface area contributed by atoms with E-state index >= 15 is 0 Å². The highest BCUT2D eigenvalue weighted by Gasteiger charge is 2.33. The molecule has 9 heteroatoms. The van der Waals surface area contributed by atoms with Crippen molar-refractivity contribution in [3.8, 4) is 22.6 Å². The first-order valence-corrected chi connectivity index (χ1v) is 9.13. The topological polar surface area (TPSA) is 64.5 Å². The number of carbonyl (C=O) groups excluding carboxylic acids is 1. The van der Waals surface area contributed by atoms with Crippen molar-refractivity contribution in [3.05, 3.63) is 71.3 Å². The number of fused-ring (bicyclic) bond motifs is 4. The molecular weight excluding hydrogens is 399 g/mol. The van der Waals surface area contributed by atoms with Crippen LogP contribution < -0.4 is 9.47 Å². The Kier molecular flexibility index (Phi) is 4.12. The van der Waals surface area contributed by atoms with E-state index in [9.17, 15) is 18.0 Å². The molecule has 3 aromatic rings. The number of hydrogen-bond acceptors (Lipinski definition) is 5. The van der Waals surface area contributed by atoms with E-state index in [1.807, 2.05) is 6.07 Å². The molecule has 0 spiro atoms. The van der Waals surface area contributed by atoms with E-state index in [4.69, 9.17) is 4.74 Å². The molecule has 30 heavy (non-hydrogen) atoms. The minimum atomic E-state index is -4.74. The minimum absolute atomic E-state index is 0.213. The van der Waals surface area contributed by atoms with Crippen LogP contribution in [-0.2, 0) is 19.5 Å². The number of benzene rings is 2. The molecule has 6 nitrogen and oxygen atoms in total. The van der Waals surface area contributed by atoms with Crippen LogP contribution in [0.3, 0.4) is 0 Å². The molecule has 1 amide bonds. The monoisotopic (exact) mass is 413 g/mol. The maximum atomic E-state index is 12.5. The van der Waals surface area contributed by atoms with Crippen LogP contribution in [-0.4, -0.2) is 27.3 Å². The van der Waals surface area contributed by atoms with E-state index in [2.05, 4.69) is 14.7 Å². The van der Waals surface area contributed by atoms with Crippen LogP contribution in [0.15, 0.2) is 48.8 Å². The number of hydrogen-bond donors (Lipinski definition) is 0. The fraction of sp³-hybridized carbons (Fsp3) is 0.190. The average Bonchev–Trinajstić information content (AvgIpc) is 3.03. The lowest BCUT2D eigenvalue weighted by atomic mass is 10.0. The van der Waals surface area contributed by atoms with Crippen LogP contribution >= 0.6 is 0 Å². The Morgan fingerprint density at radius 3 is 2.57 bits per heavy atom. The van der Waals surface area contributed by atoms with Gasteiger partial charge in [-0.1, -0.05) is 6.07 Å². The summed E-state index contributed by atoms with van der Waals surface area (Å²) in [6, 6.07) is 9.72. The van der Waals surface area contributed by atoms with Crippen molar-refractivity contribution in [2.75, 3.05) is 0 Å². The highest BCUT2D eigenvalue weighted by molar-refractivity contribution is 5.81. The first-order chi connectivity index (χ1) is 14.4. The molecule has 0 fully saturated rings. The Hall–Kier alpha value is -3.62. The first kappa shape index (κ1) is 18.4. The lowest BCUT2D eigenvalue weighted by Gasteiger charge is -2.28. The van der Waals surface area contributed by atoms with E-state index in [0.29, 0.717) is 24.5 Å². The van der Waals surface area contributed by atoms with Gasteiger partial charge >= 0.3 is 12.5 Å². The summed E-state index contributed by atoms with van der Waals surface area (Å²) < 4.78 is 47.0. The van der Waals surface area contributed by atoms with Crippen molar-refractivity contribution < 1.29 is 27.4 Å². The Bertz CT molecular complexity index is 1150. The van der Waals surface area contributed by atoms with Crippen LogP contribution in [0.2, 0.25) is 0 Å². The third-order valence-electron chi connectivity index (χ3n) is 5.04. The van der Waals surface area contributed by atoms with Crippen LogP contribution in [0, 0.1) is 0 Å². The highest BCUT2D eigenvalue weighted by atomic mass is 19.4. The van der Waals surface area contributed by atoms with Gasteiger partial charge in [0.15, 0.2) is 0 Å². The number of ether oxygens (including phenoxy) is 2. The Balaban J connectivity index is 1.43. The number of halogens is 3. The summed E-state index contributed by atoms with van der Waals surface area (Å²) in [6.07, 6.45) is -1.59. The average molecular weight is 413 g/mol. The van der Waals surface area contributed by atoms with Crippen LogP contribution in [0.4, 0.5) is 18.0 Å². The molecule has 1 aromatic heterocycles. The largest absolute Gasteiger partial charge is 0.573 e. The molecule has 0 radical (unpaired) electrons. The molecule has 5 rings (SSSR count). The second kappa shape index (κ2) is 6.72. The third-order valence-corrected chi connectivity index (χ3v) is 5.04. The zero-order chi connectivity index (χ0) is 20.9. The van der Waals surface area contributed by atoms with E-state index < -0.39 is 12.5 Å². The number of carbonyl (C=O) groups is 1. The Morgan fingerprint density at radius 1 is 1.03 bits per heavy atom.